The number of anilines is 2. The maximum Gasteiger partial charge on any atom is 0.276 e. The molecule has 18 nitrogen and oxygen atoms in total. The number of imidazole rings is 2. The number of rotatable bonds is 21. The lowest BCUT2D eigenvalue weighted by Gasteiger charge is -2.13. The SMILES string of the molecule is CCN=C(/C=C(/C)N)C(=O)Nc1nc2cc(C(N)=O)cc(OC/C=C/CN(C)CCCN)c2n1C/C=C/Cn1c(NC=O)nc2cc(C(N)=O)cc(OC)c21. The molecule has 10 N–H and O–H groups in total. The zero-order valence-electron chi connectivity index (χ0n) is 31.4. The second-order valence-electron chi connectivity index (χ2n) is 12.3. The normalized spacial score (nSPS) is 12.3. The number of hydrogen-bond donors (Lipinski definition) is 6. The summed E-state index contributed by atoms with van der Waals surface area (Å²) >= 11 is 0. The van der Waals surface area contributed by atoms with Crippen LogP contribution in [-0.4, -0.2) is 101 Å². The first kappa shape index (κ1) is 41.2. The number of fused-ring (bicyclic) bond motifs is 2. The van der Waals surface area contributed by atoms with Gasteiger partial charge in [-0.15, -0.1) is 0 Å². The summed E-state index contributed by atoms with van der Waals surface area (Å²) in [5.74, 6) is -0.926. The van der Waals surface area contributed by atoms with Crippen molar-refractivity contribution in [2.24, 2.45) is 27.9 Å². The largest absolute Gasteiger partial charge is 0.494 e. The molecule has 2 aromatic heterocycles. The van der Waals surface area contributed by atoms with E-state index in [0.717, 1.165) is 13.0 Å². The number of likely N-dealkylation sites (N-methyl/N-ethyl adjacent to an activating group) is 1. The van der Waals surface area contributed by atoms with Gasteiger partial charge in [-0.1, -0.05) is 24.3 Å². The van der Waals surface area contributed by atoms with Gasteiger partial charge in [0.25, 0.3) is 5.91 Å². The van der Waals surface area contributed by atoms with Crippen LogP contribution >= 0.6 is 0 Å². The fourth-order valence-electron chi connectivity index (χ4n) is 5.63. The van der Waals surface area contributed by atoms with Crippen molar-refractivity contribution in [3.05, 3.63) is 71.5 Å². The molecule has 0 aliphatic heterocycles. The fraction of sp³-hybridized carbons (Fsp3) is 0.324. The first-order chi connectivity index (χ1) is 26.4. The van der Waals surface area contributed by atoms with Gasteiger partial charge in [0.15, 0.2) is 0 Å². The van der Waals surface area contributed by atoms with Crippen LogP contribution in [0.25, 0.3) is 22.1 Å². The van der Waals surface area contributed by atoms with Gasteiger partial charge in [-0.2, -0.15) is 0 Å². The van der Waals surface area contributed by atoms with Gasteiger partial charge in [0, 0.05) is 43.0 Å². The van der Waals surface area contributed by atoms with E-state index in [1.54, 1.807) is 23.0 Å². The lowest BCUT2D eigenvalue weighted by molar-refractivity contribution is -0.110. The number of nitrogens with one attached hydrogen (secondary N) is 2. The third-order valence-corrected chi connectivity index (χ3v) is 8.15. The van der Waals surface area contributed by atoms with E-state index in [-0.39, 0.29) is 48.4 Å². The van der Waals surface area contributed by atoms with Crippen molar-refractivity contribution in [1.82, 2.24) is 24.0 Å². The molecule has 0 atom stereocenters. The number of aromatic nitrogens is 4. The number of allylic oxidation sites excluding steroid dienone is 3. The molecule has 0 saturated heterocycles. The minimum atomic E-state index is -0.685. The van der Waals surface area contributed by atoms with Gasteiger partial charge in [-0.25, -0.2) is 9.97 Å². The summed E-state index contributed by atoms with van der Waals surface area (Å²) < 4.78 is 15.2. The molecule has 292 valence electrons. The average Bonchev–Trinajstić information content (AvgIpc) is 3.68. The Hall–Kier alpha value is -6.53. The lowest BCUT2D eigenvalue weighted by atomic mass is 10.1. The van der Waals surface area contributed by atoms with Crippen molar-refractivity contribution in [2.75, 3.05) is 57.6 Å². The number of amides is 4. The summed E-state index contributed by atoms with van der Waals surface area (Å²) in [5, 5.41) is 5.42. The molecule has 0 aliphatic rings. The molecule has 2 heterocycles. The van der Waals surface area contributed by atoms with Crippen LogP contribution in [0.3, 0.4) is 0 Å². The Morgan fingerprint density at radius 1 is 0.909 bits per heavy atom. The summed E-state index contributed by atoms with van der Waals surface area (Å²) in [6, 6.07) is 6.07. The van der Waals surface area contributed by atoms with Gasteiger partial charge in [-0.3, -0.25) is 34.8 Å². The molecule has 55 heavy (non-hydrogen) atoms. The Kier molecular flexibility index (Phi) is 14.6. The van der Waals surface area contributed by atoms with Crippen LogP contribution in [0, 0.1) is 0 Å². The van der Waals surface area contributed by atoms with Crippen molar-refractivity contribution in [1.29, 1.82) is 0 Å². The van der Waals surface area contributed by atoms with E-state index < -0.39 is 17.7 Å². The number of ether oxygens (including phenoxy) is 2. The molecule has 0 radical (unpaired) electrons. The predicted octanol–water partition coefficient (Wildman–Crippen LogP) is 1.89. The van der Waals surface area contributed by atoms with E-state index in [1.807, 2.05) is 31.4 Å². The van der Waals surface area contributed by atoms with E-state index in [2.05, 4.69) is 30.5 Å². The van der Waals surface area contributed by atoms with Crippen LogP contribution in [0.1, 0.15) is 41.0 Å². The van der Waals surface area contributed by atoms with Gasteiger partial charge in [0.1, 0.15) is 34.9 Å². The number of benzene rings is 2. The highest BCUT2D eigenvalue weighted by Gasteiger charge is 2.21. The van der Waals surface area contributed by atoms with E-state index in [1.165, 1.54) is 37.5 Å². The Labute approximate surface area is 317 Å². The van der Waals surface area contributed by atoms with Crippen LogP contribution in [0.15, 0.2) is 65.3 Å². The molecule has 18 heteroatoms. The highest BCUT2D eigenvalue weighted by Crippen LogP contribution is 2.32. The minimum absolute atomic E-state index is 0.100. The Bertz CT molecular complexity index is 2160. The quantitative estimate of drug-likeness (QED) is 0.0406. The summed E-state index contributed by atoms with van der Waals surface area (Å²) in [4.78, 5) is 64.9. The molecular weight excluding hydrogens is 708 g/mol. The lowest BCUT2D eigenvalue weighted by Crippen LogP contribution is -2.24. The number of nitrogens with two attached hydrogens (primary N) is 4. The van der Waals surface area contributed by atoms with E-state index in [0.29, 0.717) is 65.3 Å². The number of carbonyl (C=O) groups excluding carboxylic acids is 4. The molecule has 0 aliphatic carbocycles. The molecule has 0 bridgehead atoms. The second kappa shape index (κ2) is 19.5. The van der Waals surface area contributed by atoms with Gasteiger partial charge >= 0.3 is 0 Å². The van der Waals surface area contributed by atoms with Crippen LogP contribution in [0.2, 0.25) is 0 Å². The number of hydrogen-bond acceptors (Lipinski definition) is 12. The second-order valence-corrected chi connectivity index (χ2v) is 12.3. The summed E-state index contributed by atoms with van der Waals surface area (Å²) in [6.07, 6.45) is 10.3. The third kappa shape index (κ3) is 10.5. The molecule has 0 saturated carbocycles. The maximum atomic E-state index is 13.5. The standard InChI is InChI=1S/C37H48N12O6/c1-5-42-28(17-23(2)39)35(53)46-37-45-27-19-25(34(41)52)21-30(55-16-9-8-12-47(3)13-10-11-38)32(27)49(37)15-7-6-14-48-31-26(44-36(48)43-22-50)18-24(33(40)51)20-29(31)54-4/h6-9,17-22H,5,10-16,38-39H2,1-4H3,(H2,40,51)(H2,41,52)(H,43,44,50)(H,45,46,53)/b7-6+,9-8+,23-17-,42-28?. The smallest absolute Gasteiger partial charge is 0.276 e. The zero-order valence-corrected chi connectivity index (χ0v) is 31.4. The predicted molar refractivity (Wildman–Crippen MR) is 212 cm³/mol. The van der Waals surface area contributed by atoms with E-state index in [9.17, 15) is 19.2 Å². The van der Waals surface area contributed by atoms with Crippen molar-refractivity contribution in [2.45, 2.75) is 33.4 Å². The number of primary amides is 2. The molecule has 2 aromatic carbocycles. The van der Waals surface area contributed by atoms with Gasteiger partial charge in [-0.05, 0) is 70.7 Å². The van der Waals surface area contributed by atoms with Crippen molar-refractivity contribution in [3.8, 4) is 11.5 Å². The highest BCUT2D eigenvalue weighted by atomic mass is 16.5. The monoisotopic (exact) mass is 756 g/mol. The number of carbonyl (C=O) groups is 4. The first-order valence-corrected chi connectivity index (χ1v) is 17.5. The fourth-order valence-corrected chi connectivity index (χ4v) is 5.63. The van der Waals surface area contributed by atoms with Crippen molar-refractivity contribution in [3.63, 3.8) is 0 Å². The molecule has 4 aromatic rings. The summed E-state index contributed by atoms with van der Waals surface area (Å²) in [7, 11) is 3.44. The van der Waals surface area contributed by atoms with Crippen LogP contribution in [0.4, 0.5) is 11.9 Å². The zero-order chi connectivity index (χ0) is 40.1. The van der Waals surface area contributed by atoms with E-state index in [4.69, 9.17) is 32.4 Å². The molecule has 0 spiro atoms. The molecule has 0 fully saturated rings. The Morgan fingerprint density at radius 3 is 2.07 bits per heavy atom. The molecule has 4 rings (SSSR count). The number of nitrogens with zero attached hydrogens (tertiary/aromatic N) is 6. The van der Waals surface area contributed by atoms with E-state index >= 15 is 0 Å². The molecular formula is C37H48N12O6. The van der Waals surface area contributed by atoms with Crippen LogP contribution in [-0.2, 0) is 22.7 Å². The van der Waals surface area contributed by atoms with Crippen LogP contribution in [0.5, 0.6) is 11.5 Å². The maximum absolute atomic E-state index is 13.5. The Balaban J connectivity index is 1.76. The number of aliphatic imine (C=N–C) groups is 1. The van der Waals surface area contributed by atoms with Crippen molar-refractivity contribution >= 4 is 63.8 Å². The van der Waals surface area contributed by atoms with Crippen molar-refractivity contribution < 1.29 is 28.7 Å². The van der Waals surface area contributed by atoms with Gasteiger partial charge in [0.05, 0.1) is 18.1 Å². The first-order valence-electron chi connectivity index (χ1n) is 17.5. The third-order valence-electron chi connectivity index (χ3n) is 8.15. The average molecular weight is 757 g/mol. The summed E-state index contributed by atoms with van der Waals surface area (Å²) in [5.41, 5.74) is 25.3. The molecule has 0 unspecified atom stereocenters. The summed E-state index contributed by atoms with van der Waals surface area (Å²) in [6.45, 7) is 6.43. The van der Waals surface area contributed by atoms with Gasteiger partial charge < -0.3 is 46.4 Å². The topological polar surface area (TPSA) is 266 Å². The number of methoxy groups -OCH3 is 1. The highest BCUT2D eigenvalue weighted by molar-refractivity contribution is 6.47. The van der Waals surface area contributed by atoms with Gasteiger partial charge in [0.2, 0.25) is 30.1 Å². The molecule has 4 amide bonds. The van der Waals surface area contributed by atoms with Crippen LogP contribution < -0.4 is 43.0 Å². The minimum Gasteiger partial charge on any atom is -0.494 e. The Morgan fingerprint density at radius 2 is 1.51 bits per heavy atom.